The highest BCUT2D eigenvalue weighted by Crippen LogP contribution is 2.26. The number of rotatable bonds is 9. The van der Waals surface area contributed by atoms with Gasteiger partial charge < -0.3 is 14.2 Å². The zero-order valence-corrected chi connectivity index (χ0v) is 18.0. The first-order valence-electron chi connectivity index (χ1n) is 9.24. The van der Waals surface area contributed by atoms with Gasteiger partial charge in [-0.15, -0.1) is 0 Å². The van der Waals surface area contributed by atoms with Crippen LogP contribution in [0, 0.1) is 0 Å². The number of para-hydroxylation sites is 2. The van der Waals surface area contributed by atoms with Crippen LogP contribution in [-0.4, -0.2) is 32.4 Å². The number of amides is 1. The molecule has 3 rings (SSSR count). The Balaban J connectivity index is 1.57. The summed E-state index contributed by atoms with van der Waals surface area (Å²) in [6, 6.07) is 21.9. The second kappa shape index (κ2) is 11.0. The minimum atomic E-state index is -0.283. The van der Waals surface area contributed by atoms with E-state index in [0.29, 0.717) is 36.0 Å². The first-order valence-corrected chi connectivity index (χ1v) is 10.0. The zero-order chi connectivity index (χ0) is 21.2. The Hall–Kier alpha value is -3.32. The van der Waals surface area contributed by atoms with Crippen LogP contribution in [0.25, 0.3) is 0 Å². The van der Waals surface area contributed by atoms with Gasteiger partial charge in [0, 0.05) is 15.6 Å². The molecule has 0 aliphatic heterocycles. The van der Waals surface area contributed by atoms with Gasteiger partial charge in [-0.3, -0.25) is 4.79 Å². The fourth-order valence-corrected chi connectivity index (χ4v) is 2.99. The smallest absolute Gasteiger partial charge is 0.271 e. The van der Waals surface area contributed by atoms with Crippen LogP contribution in [-0.2, 0) is 0 Å². The van der Waals surface area contributed by atoms with E-state index in [2.05, 4.69) is 26.5 Å². The fraction of sp³-hybridized carbons (Fsp3) is 0.130. The molecule has 0 radical (unpaired) electrons. The van der Waals surface area contributed by atoms with Crippen LogP contribution in [0.3, 0.4) is 0 Å². The molecule has 6 nitrogen and oxygen atoms in total. The summed E-state index contributed by atoms with van der Waals surface area (Å²) in [5, 5.41) is 4.05. The summed E-state index contributed by atoms with van der Waals surface area (Å²) < 4.78 is 17.7. The van der Waals surface area contributed by atoms with E-state index in [1.54, 1.807) is 37.6 Å². The number of hydrazone groups is 1. The van der Waals surface area contributed by atoms with Crippen molar-refractivity contribution in [2.45, 2.75) is 0 Å². The van der Waals surface area contributed by atoms with Gasteiger partial charge in [0.2, 0.25) is 0 Å². The summed E-state index contributed by atoms with van der Waals surface area (Å²) in [7, 11) is 1.60. The molecule has 0 saturated carbocycles. The van der Waals surface area contributed by atoms with Gasteiger partial charge in [0.15, 0.2) is 11.5 Å². The van der Waals surface area contributed by atoms with Gasteiger partial charge in [-0.1, -0.05) is 46.3 Å². The molecule has 0 fully saturated rings. The first-order chi connectivity index (χ1) is 14.7. The standard InChI is InChI=1S/C23H21BrN2O4/c1-28-21-9-5-6-10-22(21)30-14-13-29-20-12-11-19(24)15-18(20)16-25-26-23(27)17-7-3-2-4-8-17/h2-12,15-16H,13-14H2,1H3,(H,26,27)/b25-16-. The number of hydrogen-bond acceptors (Lipinski definition) is 5. The third kappa shape index (κ3) is 6.09. The Kier molecular flexibility index (Phi) is 7.86. The molecule has 0 bridgehead atoms. The van der Waals surface area contributed by atoms with Crippen molar-refractivity contribution in [2.24, 2.45) is 5.10 Å². The molecule has 0 unspecified atom stereocenters. The second-order valence-corrected chi connectivity index (χ2v) is 7.01. The lowest BCUT2D eigenvalue weighted by molar-refractivity contribution is 0.0955. The molecule has 3 aromatic carbocycles. The average Bonchev–Trinajstić information content (AvgIpc) is 2.78. The van der Waals surface area contributed by atoms with Crippen LogP contribution in [0.4, 0.5) is 0 Å². The maximum absolute atomic E-state index is 12.1. The normalized spacial score (nSPS) is 10.6. The van der Waals surface area contributed by atoms with Gasteiger partial charge in [0.1, 0.15) is 19.0 Å². The maximum Gasteiger partial charge on any atom is 0.271 e. The van der Waals surface area contributed by atoms with E-state index in [-0.39, 0.29) is 5.91 Å². The van der Waals surface area contributed by atoms with E-state index < -0.39 is 0 Å². The SMILES string of the molecule is COc1ccccc1OCCOc1ccc(Br)cc1/C=N\NC(=O)c1ccccc1. The van der Waals surface area contributed by atoms with E-state index in [4.69, 9.17) is 14.2 Å². The molecular weight excluding hydrogens is 448 g/mol. The molecule has 0 aliphatic rings. The number of methoxy groups -OCH3 is 1. The summed E-state index contributed by atoms with van der Waals surface area (Å²) in [6.07, 6.45) is 1.54. The Morgan fingerprint density at radius 3 is 2.33 bits per heavy atom. The first kappa shape index (κ1) is 21.4. The third-order valence-corrected chi connectivity index (χ3v) is 4.54. The lowest BCUT2D eigenvalue weighted by Crippen LogP contribution is -2.17. The van der Waals surface area contributed by atoms with Gasteiger partial charge in [-0.25, -0.2) is 5.43 Å². The van der Waals surface area contributed by atoms with Gasteiger partial charge in [0.05, 0.1) is 13.3 Å². The van der Waals surface area contributed by atoms with Crippen molar-refractivity contribution in [3.05, 3.63) is 88.4 Å². The molecule has 0 aliphatic carbocycles. The lowest BCUT2D eigenvalue weighted by Gasteiger charge is -2.12. The number of nitrogens with zero attached hydrogens (tertiary/aromatic N) is 1. The number of hydrogen-bond donors (Lipinski definition) is 1. The average molecular weight is 469 g/mol. The highest BCUT2D eigenvalue weighted by molar-refractivity contribution is 9.10. The highest BCUT2D eigenvalue weighted by atomic mass is 79.9. The fourth-order valence-electron chi connectivity index (χ4n) is 2.61. The van der Waals surface area contributed by atoms with Crippen molar-refractivity contribution in [3.8, 4) is 17.2 Å². The van der Waals surface area contributed by atoms with Crippen LogP contribution in [0.2, 0.25) is 0 Å². The quantitative estimate of drug-likeness (QED) is 0.281. The van der Waals surface area contributed by atoms with Crippen molar-refractivity contribution in [2.75, 3.05) is 20.3 Å². The van der Waals surface area contributed by atoms with Crippen LogP contribution in [0.15, 0.2) is 82.4 Å². The predicted molar refractivity (Wildman–Crippen MR) is 120 cm³/mol. The predicted octanol–water partition coefficient (Wildman–Crippen LogP) is 4.68. The number of halogens is 1. The topological polar surface area (TPSA) is 69.2 Å². The van der Waals surface area contributed by atoms with Gasteiger partial charge >= 0.3 is 0 Å². The van der Waals surface area contributed by atoms with Gasteiger partial charge in [-0.2, -0.15) is 5.10 Å². The number of benzene rings is 3. The van der Waals surface area contributed by atoms with E-state index >= 15 is 0 Å². The number of ether oxygens (including phenoxy) is 3. The molecule has 0 saturated heterocycles. The molecule has 0 atom stereocenters. The minimum absolute atomic E-state index is 0.283. The molecule has 0 aromatic heterocycles. The molecular formula is C23H21BrN2O4. The highest BCUT2D eigenvalue weighted by Gasteiger charge is 2.06. The largest absolute Gasteiger partial charge is 0.493 e. The van der Waals surface area contributed by atoms with E-state index in [9.17, 15) is 4.79 Å². The maximum atomic E-state index is 12.1. The van der Waals surface area contributed by atoms with E-state index in [1.165, 1.54) is 0 Å². The zero-order valence-electron chi connectivity index (χ0n) is 16.4. The van der Waals surface area contributed by atoms with Crippen LogP contribution in [0.1, 0.15) is 15.9 Å². The minimum Gasteiger partial charge on any atom is -0.493 e. The number of carbonyl (C=O) groups excluding carboxylic acids is 1. The summed E-state index contributed by atoms with van der Waals surface area (Å²) >= 11 is 3.44. The molecule has 30 heavy (non-hydrogen) atoms. The molecule has 7 heteroatoms. The second-order valence-electron chi connectivity index (χ2n) is 6.10. The van der Waals surface area contributed by atoms with Crippen molar-refractivity contribution in [1.29, 1.82) is 0 Å². The lowest BCUT2D eigenvalue weighted by atomic mass is 10.2. The van der Waals surface area contributed by atoms with Crippen LogP contribution in [0.5, 0.6) is 17.2 Å². The third-order valence-electron chi connectivity index (χ3n) is 4.05. The summed E-state index contributed by atoms with van der Waals surface area (Å²) in [5.41, 5.74) is 3.77. The van der Waals surface area contributed by atoms with Crippen molar-refractivity contribution in [1.82, 2.24) is 5.43 Å². The summed E-state index contributed by atoms with van der Waals surface area (Å²) in [5.74, 6) is 1.67. The molecule has 1 N–H and O–H groups in total. The molecule has 0 heterocycles. The molecule has 154 valence electrons. The van der Waals surface area contributed by atoms with E-state index in [0.717, 1.165) is 10.0 Å². The van der Waals surface area contributed by atoms with Crippen LogP contribution >= 0.6 is 15.9 Å². The number of nitrogens with one attached hydrogen (secondary N) is 1. The Bertz CT molecular complexity index is 1010. The summed E-state index contributed by atoms with van der Waals surface area (Å²) in [6.45, 7) is 0.675. The van der Waals surface area contributed by atoms with E-state index in [1.807, 2.05) is 48.5 Å². The van der Waals surface area contributed by atoms with Gasteiger partial charge in [-0.05, 0) is 42.5 Å². The molecule has 1 amide bonds. The Morgan fingerprint density at radius 1 is 0.933 bits per heavy atom. The van der Waals surface area contributed by atoms with Gasteiger partial charge in [0.25, 0.3) is 5.91 Å². The van der Waals surface area contributed by atoms with Crippen molar-refractivity contribution in [3.63, 3.8) is 0 Å². The van der Waals surface area contributed by atoms with Crippen molar-refractivity contribution >= 4 is 28.1 Å². The Labute approximate surface area is 183 Å². The van der Waals surface area contributed by atoms with Crippen molar-refractivity contribution < 1.29 is 19.0 Å². The summed E-state index contributed by atoms with van der Waals surface area (Å²) in [4.78, 5) is 12.1. The monoisotopic (exact) mass is 468 g/mol. The molecule has 0 spiro atoms. The van der Waals surface area contributed by atoms with Crippen LogP contribution < -0.4 is 19.6 Å². The molecule has 3 aromatic rings. The number of carbonyl (C=O) groups is 1. The Morgan fingerprint density at radius 2 is 1.60 bits per heavy atom.